The monoisotopic (exact) mass is 275 g/mol. The lowest BCUT2D eigenvalue weighted by molar-refractivity contribution is 0.560. The molecule has 100 valence electrons. The van der Waals surface area contributed by atoms with Crippen LogP contribution in [-0.4, -0.2) is 8.42 Å². The van der Waals surface area contributed by atoms with Gasteiger partial charge < -0.3 is 0 Å². The van der Waals surface area contributed by atoms with E-state index in [1.807, 2.05) is 36.4 Å². The van der Waals surface area contributed by atoms with Crippen LogP contribution in [0.1, 0.15) is 19.4 Å². The molecule has 4 heteroatoms. The number of benzene rings is 2. The SMILES string of the molecule is CC(C)(c1ccccc1)S(=O)(=O)Nc1ccccc1. The molecule has 0 bridgehead atoms. The second-order valence-electron chi connectivity index (χ2n) is 4.85. The van der Waals surface area contributed by atoms with Gasteiger partial charge >= 0.3 is 0 Å². The van der Waals surface area contributed by atoms with Crippen molar-refractivity contribution in [1.29, 1.82) is 0 Å². The summed E-state index contributed by atoms with van der Waals surface area (Å²) in [4.78, 5) is 0. The minimum absolute atomic E-state index is 0.575. The molecule has 0 aliphatic rings. The second-order valence-corrected chi connectivity index (χ2v) is 7.08. The van der Waals surface area contributed by atoms with Gasteiger partial charge in [-0.1, -0.05) is 48.5 Å². The van der Waals surface area contributed by atoms with E-state index in [0.29, 0.717) is 5.69 Å². The van der Waals surface area contributed by atoms with E-state index in [2.05, 4.69) is 4.72 Å². The third-order valence-electron chi connectivity index (χ3n) is 3.17. The molecule has 0 unspecified atom stereocenters. The Morgan fingerprint density at radius 2 is 1.32 bits per heavy atom. The van der Waals surface area contributed by atoms with Crippen LogP contribution in [0.3, 0.4) is 0 Å². The maximum absolute atomic E-state index is 12.5. The topological polar surface area (TPSA) is 46.2 Å². The van der Waals surface area contributed by atoms with Crippen molar-refractivity contribution in [2.45, 2.75) is 18.6 Å². The zero-order valence-electron chi connectivity index (χ0n) is 11.0. The third-order valence-corrected chi connectivity index (χ3v) is 5.25. The van der Waals surface area contributed by atoms with E-state index in [0.717, 1.165) is 5.56 Å². The number of para-hydroxylation sites is 1. The lowest BCUT2D eigenvalue weighted by atomic mass is 10.0. The van der Waals surface area contributed by atoms with E-state index in [9.17, 15) is 8.42 Å². The van der Waals surface area contributed by atoms with Crippen LogP contribution in [0.25, 0.3) is 0 Å². The summed E-state index contributed by atoms with van der Waals surface area (Å²) in [5.41, 5.74) is 1.34. The normalized spacial score (nSPS) is 12.1. The standard InChI is InChI=1S/C15H17NO2S/c1-15(2,13-9-5-3-6-10-13)19(17,18)16-14-11-7-4-8-12-14/h3-12,16H,1-2H3. The van der Waals surface area contributed by atoms with Crippen molar-refractivity contribution in [1.82, 2.24) is 0 Å². The summed E-state index contributed by atoms with van der Waals surface area (Å²) in [6.45, 7) is 3.40. The predicted octanol–water partition coefficient (Wildman–Crippen LogP) is 3.36. The van der Waals surface area contributed by atoms with Crippen molar-refractivity contribution in [3.05, 3.63) is 66.2 Å². The first-order valence-electron chi connectivity index (χ1n) is 6.06. The molecule has 2 rings (SSSR count). The van der Waals surface area contributed by atoms with Gasteiger partial charge in [-0.3, -0.25) is 4.72 Å². The Balaban J connectivity index is 2.34. The Bertz CT molecular complexity index is 634. The Hall–Kier alpha value is -1.81. The summed E-state index contributed by atoms with van der Waals surface area (Å²) in [5.74, 6) is 0. The van der Waals surface area contributed by atoms with Gasteiger partial charge in [0.15, 0.2) is 0 Å². The van der Waals surface area contributed by atoms with Gasteiger partial charge in [0.1, 0.15) is 4.75 Å². The Labute approximate surface area is 114 Å². The predicted molar refractivity (Wildman–Crippen MR) is 78.5 cm³/mol. The van der Waals surface area contributed by atoms with E-state index in [4.69, 9.17) is 0 Å². The van der Waals surface area contributed by atoms with Crippen LogP contribution in [0.4, 0.5) is 5.69 Å². The van der Waals surface area contributed by atoms with E-state index in [-0.39, 0.29) is 0 Å². The van der Waals surface area contributed by atoms with Gasteiger partial charge in [-0.25, -0.2) is 8.42 Å². The zero-order chi connectivity index (χ0) is 13.9. The number of hydrogen-bond acceptors (Lipinski definition) is 2. The average Bonchev–Trinajstić information content (AvgIpc) is 2.40. The van der Waals surface area contributed by atoms with Crippen LogP contribution in [0.15, 0.2) is 60.7 Å². The molecule has 0 saturated carbocycles. The van der Waals surface area contributed by atoms with E-state index >= 15 is 0 Å². The highest BCUT2D eigenvalue weighted by atomic mass is 32.2. The van der Waals surface area contributed by atoms with Crippen LogP contribution in [0, 0.1) is 0 Å². The van der Waals surface area contributed by atoms with Crippen LogP contribution in [0.5, 0.6) is 0 Å². The molecule has 1 N–H and O–H groups in total. The molecule has 0 aromatic heterocycles. The van der Waals surface area contributed by atoms with Crippen molar-refractivity contribution >= 4 is 15.7 Å². The molecule has 3 nitrogen and oxygen atoms in total. The molecule has 0 heterocycles. The fraction of sp³-hybridized carbons (Fsp3) is 0.200. The van der Waals surface area contributed by atoms with E-state index < -0.39 is 14.8 Å². The number of sulfonamides is 1. The summed E-state index contributed by atoms with van der Waals surface area (Å²) in [6.07, 6.45) is 0. The van der Waals surface area contributed by atoms with Gasteiger partial charge in [-0.05, 0) is 31.5 Å². The molecule has 0 fully saturated rings. The molecule has 0 amide bonds. The highest BCUT2D eigenvalue weighted by molar-refractivity contribution is 7.93. The van der Waals surface area contributed by atoms with Crippen LogP contribution >= 0.6 is 0 Å². The maximum Gasteiger partial charge on any atom is 0.242 e. The second kappa shape index (κ2) is 5.05. The Morgan fingerprint density at radius 3 is 1.84 bits per heavy atom. The maximum atomic E-state index is 12.5. The molecule has 0 aliphatic carbocycles. The molecule has 0 radical (unpaired) electrons. The van der Waals surface area contributed by atoms with Crippen molar-refractivity contribution in [3.63, 3.8) is 0 Å². The molecule has 19 heavy (non-hydrogen) atoms. The summed E-state index contributed by atoms with van der Waals surface area (Å²) in [5, 5.41) is 0. The first-order valence-corrected chi connectivity index (χ1v) is 7.55. The lowest BCUT2D eigenvalue weighted by Gasteiger charge is -2.26. The molecular formula is C15H17NO2S. The average molecular weight is 275 g/mol. The molecular weight excluding hydrogens is 258 g/mol. The highest BCUT2D eigenvalue weighted by Gasteiger charge is 2.36. The largest absolute Gasteiger partial charge is 0.283 e. The van der Waals surface area contributed by atoms with Gasteiger partial charge in [0.2, 0.25) is 10.0 Å². The Kier molecular flexibility index (Phi) is 3.62. The summed E-state index contributed by atoms with van der Waals surface area (Å²) in [6, 6.07) is 18.1. The molecule has 2 aromatic carbocycles. The summed E-state index contributed by atoms with van der Waals surface area (Å²) < 4.78 is 26.7. The fourth-order valence-electron chi connectivity index (χ4n) is 1.78. The van der Waals surface area contributed by atoms with Gasteiger partial charge in [-0.15, -0.1) is 0 Å². The van der Waals surface area contributed by atoms with Crippen molar-refractivity contribution in [3.8, 4) is 0 Å². The van der Waals surface area contributed by atoms with Crippen LogP contribution in [0.2, 0.25) is 0 Å². The minimum Gasteiger partial charge on any atom is -0.283 e. The van der Waals surface area contributed by atoms with Crippen molar-refractivity contribution in [2.75, 3.05) is 4.72 Å². The third kappa shape index (κ3) is 2.79. The number of hydrogen-bond donors (Lipinski definition) is 1. The summed E-state index contributed by atoms with van der Waals surface area (Å²) in [7, 11) is -3.52. The van der Waals surface area contributed by atoms with Crippen LogP contribution < -0.4 is 4.72 Å². The van der Waals surface area contributed by atoms with Gasteiger partial charge in [0, 0.05) is 5.69 Å². The smallest absolute Gasteiger partial charge is 0.242 e. The van der Waals surface area contributed by atoms with Crippen molar-refractivity contribution < 1.29 is 8.42 Å². The Morgan fingerprint density at radius 1 is 0.842 bits per heavy atom. The zero-order valence-corrected chi connectivity index (χ0v) is 11.8. The quantitative estimate of drug-likeness (QED) is 0.930. The first kappa shape index (κ1) is 13.6. The minimum atomic E-state index is -3.52. The number of nitrogens with one attached hydrogen (secondary N) is 1. The molecule has 0 saturated heterocycles. The van der Waals surface area contributed by atoms with Gasteiger partial charge in [0.05, 0.1) is 0 Å². The molecule has 0 spiro atoms. The summed E-state index contributed by atoms with van der Waals surface area (Å²) >= 11 is 0. The first-order chi connectivity index (χ1) is 8.93. The number of rotatable bonds is 4. The molecule has 0 aliphatic heterocycles. The van der Waals surface area contributed by atoms with Gasteiger partial charge in [0.25, 0.3) is 0 Å². The molecule has 2 aromatic rings. The number of anilines is 1. The molecule has 0 atom stereocenters. The highest BCUT2D eigenvalue weighted by Crippen LogP contribution is 2.30. The fourth-order valence-corrected chi connectivity index (χ4v) is 2.93. The van der Waals surface area contributed by atoms with E-state index in [1.165, 1.54) is 0 Å². The van der Waals surface area contributed by atoms with Gasteiger partial charge in [-0.2, -0.15) is 0 Å². The van der Waals surface area contributed by atoms with E-state index in [1.54, 1.807) is 38.1 Å². The van der Waals surface area contributed by atoms with Crippen LogP contribution in [-0.2, 0) is 14.8 Å². The lowest BCUT2D eigenvalue weighted by Crippen LogP contribution is -2.34. The van der Waals surface area contributed by atoms with Crippen molar-refractivity contribution in [2.24, 2.45) is 0 Å².